The largest absolute Gasteiger partial charge is 0.464 e. The summed E-state index contributed by atoms with van der Waals surface area (Å²) in [5.74, 6) is -0.696. The van der Waals surface area contributed by atoms with E-state index in [4.69, 9.17) is 9.47 Å². The number of carbonyl (C=O) groups excluding carboxylic acids is 2. The number of aliphatic hydroxyl groups is 1. The van der Waals surface area contributed by atoms with Gasteiger partial charge in [0.25, 0.3) is 0 Å². The predicted octanol–water partition coefficient (Wildman–Crippen LogP) is 1.46. The Labute approximate surface area is 114 Å². The number of aliphatic hydroxyl groups excluding tert-OH is 1. The molecule has 0 saturated heterocycles. The van der Waals surface area contributed by atoms with E-state index in [1.807, 2.05) is 0 Å². The van der Waals surface area contributed by atoms with Gasteiger partial charge in [-0.2, -0.15) is 0 Å². The fraction of sp³-hybridized carbons (Fsp3) is 0.846. The zero-order chi connectivity index (χ0) is 15.3. The average molecular weight is 275 g/mol. The van der Waals surface area contributed by atoms with Crippen LogP contribution in [0.25, 0.3) is 0 Å². The van der Waals surface area contributed by atoms with Gasteiger partial charge < -0.3 is 19.9 Å². The van der Waals surface area contributed by atoms with Gasteiger partial charge in [0.15, 0.2) is 6.10 Å². The van der Waals surface area contributed by atoms with Crippen LogP contribution in [0.2, 0.25) is 0 Å². The number of nitrogens with one attached hydrogen (secondary N) is 1. The summed E-state index contributed by atoms with van der Waals surface area (Å²) in [6, 6.07) is 0. The molecule has 1 amide bonds. The zero-order valence-electron chi connectivity index (χ0n) is 12.6. The highest BCUT2D eigenvalue weighted by Crippen LogP contribution is 2.21. The van der Waals surface area contributed by atoms with E-state index in [2.05, 4.69) is 5.32 Å². The van der Waals surface area contributed by atoms with Crippen molar-refractivity contribution < 1.29 is 24.2 Å². The highest BCUT2D eigenvalue weighted by atomic mass is 16.6. The lowest BCUT2D eigenvalue weighted by Crippen LogP contribution is -2.46. The van der Waals surface area contributed by atoms with Gasteiger partial charge in [-0.3, -0.25) is 0 Å². The third-order valence-electron chi connectivity index (χ3n) is 2.34. The minimum Gasteiger partial charge on any atom is -0.464 e. The van der Waals surface area contributed by atoms with Gasteiger partial charge in [0.1, 0.15) is 5.60 Å². The lowest BCUT2D eigenvalue weighted by Gasteiger charge is -2.29. The molecule has 0 aliphatic carbocycles. The van der Waals surface area contributed by atoms with Crippen LogP contribution >= 0.6 is 0 Å². The molecular weight excluding hydrogens is 250 g/mol. The Morgan fingerprint density at radius 3 is 2.16 bits per heavy atom. The highest BCUT2D eigenvalue weighted by Gasteiger charge is 2.35. The van der Waals surface area contributed by atoms with Gasteiger partial charge in [0.2, 0.25) is 0 Å². The van der Waals surface area contributed by atoms with Crippen LogP contribution < -0.4 is 5.32 Å². The summed E-state index contributed by atoms with van der Waals surface area (Å²) >= 11 is 0. The summed E-state index contributed by atoms with van der Waals surface area (Å²) in [4.78, 5) is 22.9. The molecule has 0 aliphatic heterocycles. The van der Waals surface area contributed by atoms with Crippen LogP contribution in [-0.2, 0) is 14.3 Å². The number of rotatable bonds is 5. The summed E-state index contributed by atoms with van der Waals surface area (Å²) in [6.07, 6.45) is -1.89. The van der Waals surface area contributed by atoms with Gasteiger partial charge in [-0.05, 0) is 27.7 Å². The minimum absolute atomic E-state index is 0.0991. The molecule has 0 rings (SSSR count). The number of hydrogen-bond acceptors (Lipinski definition) is 5. The Bertz CT molecular complexity index is 319. The van der Waals surface area contributed by atoms with Crippen LogP contribution in [0.3, 0.4) is 0 Å². The predicted molar refractivity (Wildman–Crippen MR) is 70.7 cm³/mol. The van der Waals surface area contributed by atoms with E-state index >= 15 is 0 Å². The summed E-state index contributed by atoms with van der Waals surface area (Å²) in [5.41, 5.74) is -1.43. The lowest BCUT2D eigenvalue weighted by atomic mass is 9.86. The second kappa shape index (κ2) is 6.75. The SMILES string of the molecule is CCOC(=O)C(O)C(C)(C)CNC(=O)OC(C)(C)C. The standard InChI is InChI=1S/C13H25NO5/c1-7-18-10(16)9(15)13(5,6)8-14-11(17)19-12(2,3)4/h9,15H,7-8H2,1-6H3,(H,14,17). The van der Waals surface area contributed by atoms with Crippen LogP contribution in [0.15, 0.2) is 0 Å². The molecule has 0 heterocycles. The van der Waals surface area contributed by atoms with E-state index in [0.717, 1.165) is 0 Å². The molecule has 19 heavy (non-hydrogen) atoms. The van der Waals surface area contributed by atoms with E-state index in [9.17, 15) is 14.7 Å². The van der Waals surface area contributed by atoms with E-state index in [1.165, 1.54) is 0 Å². The molecule has 112 valence electrons. The molecule has 0 aromatic heterocycles. The van der Waals surface area contributed by atoms with Crippen molar-refractivity contribution in [2.24, 2.45) is 5.41 Å². The first-order chi connectivity index (χ1) is 8.49. The van der Waals surface area contributed by atoms with Crippen LogP contribution in [0, 0.1) is 5.41 Å². The van der Waals surface area contributed by atoms with Crippen LogP contribution in [0.5, 0.6) is 0 Å². The van der Waals surface area contributed by atoms with Crippen LogP contribution in [0.4, 0.5) is 4.79 Å². The van der Waals surface area contributed by atoms with Crippen molar-refractivity contribution in [1.29, 1.82) is 0 Å². The second-order valence-electron chi connectivity index (χ2n) is 6.00. The van der Waals surface area contributed by atoms with Gasteiger partial charge in [0.05, 0.1) is 6.61 Å². The van der Waals surface area contributed by atoms with Crippen molar-refractivity contribution in [3.63, 3.8) is 0 Å². The average Bonchev–Trinajstić information content (AvgIpc) is 2.23. The zero-order valence-corrected chi connectivity index (χ0v) is 12.6. The molecule has 0 aromatic carbocycles. The summed E-state index contributed by atoms with van der Waals surface area (Å²) < 4.78 is 9.82. The first-order valence-electron chi connectivity index (χ1n) is 6.31. The Morgan fingerprint density at radius 2 is 1.74 bits per heavy atom. The fourth-order valence-electron chi connectivity index (χ4n) is 1.25. The summed E-state index contributed by atoms with van der Waals surface area (Å²) in [7, 11) is 0. The molecular formula is C13H25NO5. The second-order valence-corrected chi connectivity index (χ2v) is 6.00. The monoisotopic (exact) mass is 275 g/mol. The molecule has 0 bridgehead atoms. The maximum atomic E-state index is 11.5. The molecule has 1 unspecified atom stereocenters. The Morgan fingerprint density at radius 1 is 1.21 bits per heavy atom. The molecule has 6 nitrogen and oxygen atoms in total. The molecule has 0 fully saturated rings. The van der Waals surface area contributed by atoms with Gasteiger partial charge in [0, 0.05) is 12.0 Å². The van der Waals surface area contributed by atoms with Crippen molar-refractivity contribution in [2.75, 3.05) is 13.2 Å². The lowest BCUT2D eigenvalue weighted by molar-refractivity contribution is -0.159. The van der Waals surface area contributed by atoms with Crippen molar-refractivity contribution >= 4 is 12.1 Å². The fourth-order valence-corrected chi connectivity index (χ4v) is 1.25. The molecule has 0 aliphatic rings. The van der Waals surface area contributed by atoms with Crippen molar-refractivity contribution in [2.45, 2.75) is 53.2 Å². The first-order valence-corrected chi connectivity index (χ1v) is 6.31. The van der Waals surface area contributed by atoms with Crippen LogP contribution in [0.1, 0.15) is 41.5 Å². The molecule has 0 aromatic rings. The number of alkyl carbamates (subject to hydrolysis) is 1. The third-order valence-corrected chi connectivity index (χ3v) is 2.34. The molecule has 0 spiro atoms. The van der Waals surface area contributed by atoms with Crippen molar-refractivity contribution in [3.8, 4) is 0 Å². The van der Waals surface area contributed by atoms with E-state index in [0.29, 0.717) is 0 Å². The number of hydrogen-bond donors (Lipinski definition) is 2. The van der Waals surface area contributed by atoms with Gasteiger partial charge in [-0.15, -0.1) is 0 Å². The summed E-state index contributed by atoms with van der Waals surface area (Å²) in [5, 5.41) is 12.4. The van der Waals surface area contributed by atoms with Gasteiger partial charge in [-0.25, -0.2) is 9.59 Å². The number of carbonyl (C=O) groups is 2. The topological polar surface area (TPSA) is 84.9 Å². The molecule has 0 radical (unpaired) electrons. The minimum atomic E-state index is -1.30. The molecule has 0 saturated carbocycles. The Hall–Kier alpha value is -1.30. The summed E-state index contributed by atoms with van der Waals surface area (Å²) in [6.45, 7) is 10.5. The van der Waals surface area contributed by atoms with E-state index < -0.39 is 29.2 Å². The smallest absolute Gasteiger partial charge is 0.407 e. The van der Waals surface area contributed by atoms with Gasteiger partial charge >= 0.3 is 12.1 Å². The number of ether oxygens (including phenoxy) is 2. The number of esters is 1. The molecule has 6 heteroatoms. The van der Waals surface area contributed by atoms with E-state index in [-0.39, 0.29) is 13.2 Å². The van der Waals surface area contributed by atoms with Gasteiger partial charge in [-0.1, -0.05) is 13.8 Å². The third kappa shape index (κ3) is 7.00. The highest BCUT2D eigenvalue weighted by molar-refractivity contribution is 5.75. The molecule has 1 atom stereocenters. The van der Waals surface area contributed by atoms with E-state index in [1.54, 1.807) is 41.5 Å². The maximum absolute atomic E-state index is 11.5. The van der Waals surface area contributed by atoms with Crippen LogP contribution in [-0.4, -0.2) is 42.0 Å². The molecule has 2 N–H and O–H groups in total. The maximum Gasteiger partial charge on any atom is 0.407 e. The Balaban J connectivity index is 4.37. The number of amides is 1. The van der Waals surface area contributed by atoms with Crippen molar-refractivity contribution in [1.82, 2.24) is 5.32 Å². The Kier molecular flexibility index (Phi) is 6.29. The van der Waals surface area contributed by atoms with Crippen molar-refractivity contribution in [3.05, 3.63) is 0 Å². The first kappa shape index (κ1) is 17.7. The normalized spacial score (nSPS) is 13.6. The quantitative estimate of drug-likeness (QED) is 0.742.